The lowest BCUT2D eigenvalue weighted by Crippen LogP contribution is -2.41. The fraction of sp³-hybridized carbons (Fsp3) is 0.542. The van der Waals surface area contributed by atoms with Gasteiger partial charge in [-0.3, -0.25) is 4.79 Å². The highest BCUT2D eigenvalue weighted by Gasteiger charge is 2.31. The zero-order valence-electron chi connectivity index (χ0n) is 19.8. The number of Topliss-reactive ketones (excluding diaryl/α,β-unsaturated/α-hetero) is 1. The van der Waals surface area contributed by atoms with Gasteiger partial charge in [0.25, 0.3) is 0 Å². The topological polar surface area (TPSA) is 61.4 Å². The lowest BCUT2D eigenvalue weighted by atomic mass is 10.0. The highest BCUT2D eigenvalue weighted by atomic mass is 35.5. The van der Waals surface area contributed by atoms with Gasteiger partial charge in [-0.1, -0.05) is 24.6 Å². The Morgan fingerprint density at radius 3 is 2.50 bits per heavy atom. The minimum atomic E-state index is -4.22. The Balaban J connectivity index is 2.12. The molecule has 0 radical (unpaired) electrons. The number of alkyl halides is 3. The van der Waals surface area contributed by atoms with E-state index in [0.29, 0.717) is 27.6 Å². The zero-order valence-corrected chi connectivity index (χ0v) is 22.1. The van der Waals surface area contributed by atoms with Crippen molar-refractivity contribution in [2.45, 2.75) is 76.8 Å². The van der Waals surface area contributed by atoms with Gasteiger partial charge < -0.3 is 9.29 Å². The number of ketones is 1. The second-order valence-corrected chi connectivity index (χ2v) is 12.5. The van der Waals surface area contributed by atoms with E-state index >= 15 is 0 Å². The Morgan fingerprint density at radius 1 is 1.24 bits per heavy atom. The van der Waals surface area contributed by atoms with Crippen molar-refractivity contribution < 1.29 is 27.3 Å². The first kappa shape index (κ1) is 29.0. The van der Waals surface area contributed by atoms with E-state index in [4.69, 9.17) is 16.3 Å². The van der Waals surface area contributed by atoms with Crippen molar-refractivity contribution in [1.29, 1.82) is 0 Å². The molecule has 0 amide bonds. The second kappa shape index (κ2) is 12.6. The van der Waals surface area contributed by atoms with Gasteiger partial charge in [-0.25, -0.2) is 0 Å². The van der Waals surface area contributed by atoms with Gasteiger partial charge in [-0.15, -0.1) is 16.1 Å². The van der Waals surface area contributed by atoms with E-state index in [1.54, 1.807) is 12.1 Å². The normalized spacial score (nSPS) is 14.1. The molecule has 1 unspecified atom stereocenters. The molecular formula is C24H31ClF3NO3S2. The Bertz CT molecular complexity index is 944. The van der Waals surface area contributed by atoms with Crippen LogP contribution in [0.3, 0.4) is 0 Å². The van der Waals surface area contributed by atoms with Crippen LogP contribution in [0.1, 0.15) is 79.5 Å². The standard InChI is InChI=1S/C24H31ClF3NO3S2/c1-5-17-8-12-22(33-17)21(30)11-10-20(29-34(31)23(2,3)4)18-9-7-16(15-19(18)25)32-14-6-13-24(26,27)28/h7-9,12,15,20,29H,5-6,10-11,13-14H2,1-4H3/t20?,34-/m1/s1. The molecule has 0 fully saturated rings. The van der Waals surface area contributed by atoms with E-state index in [1.165, 1.54) is 17.4 Å². The fourth-order valence-corrected chi connectivity index (χ4v) is 5.12. The fourth-order valence-electron chi connectivity index (χ4n) is 3.04. The number of thiophene rings is 1. The van der Waals surface area contributed by atoms with Crippen molar-refractivity contribution in [3.63, 3.8) is 0 Å². The lowest BCUT2D eigenvalue weighted by Gasteiger charge is -2.28. The number of hydrogen-bond acceptors (Lipinski definition) is 5. The average Bonchev–Trinajstić information content (AvgIpc) is 3.22. The van der Waals surface area contributed by atoms with Gasteiger partial charge in [-0.05, 0) is 69.9 Å². The van der Waals surface area contributed by atoms with E-state index in [1.807, 2.05) is 39.8 Å². The van der Waals surface area contributed by atoms with E-state index in [-0.39, 0.29) is 25.2 Å². The Labute approximate surface area is 211 Å². The lowest BCUT2D eigenvalue weighted by molar-refractivity contribution is -0.136. The van der Waals surface area contributed by atoms with Crippen LogP contribution in [-0.4, -0.2) is 27.9 Å². The molecule has 0 saturated heterocycles. The predicted molar refractivity (Wildman–Crippen MR) is 133 cm³/mol. The zero-order chi connectivity index (χ0) is 25.5. The summed E-state index contributed by atoms with van der Waals surface area (Å²) in [7, 11) is 0. The molecule has 34 heavy (non-hydrogen) atoms. The first-order valence-corrected chi connectivity index (χ1v) is 13.4. The molecule has 2 rings (SSSR count). The van der Waals surface area contributed by atoms with Gasteiger partial charge in [0, 0.05) is 34.1 Å². The maximum absolute atomic E-state index is 12.8. The van der Waals surface area contributed by atoms with Crippen molar-refractivity contribution in [3.05, 3.63) is 50.7 Å². The van der Waals surface area contributed by atoms with Crippen LogP contribution in [0.2, 0.25) is 5.02 Å². The van der Waals surface area contributed by atoms with Gasteiger partial charge >= 0.3 is 6.18 Å². The number of aryl methyl sites for hydroxylation is 1. The van der Waals surface area contributed by atoms with Crippen LogP contribution in [0, 0.1) is 0 Å². The number of nitrogens with one attached hydrogen (secondary N) is 1. The van der Waals surface area contributed by atoms with Gasteiger partial charge in [0.2, 0.25) is 0 Å². The van der Waals surface area contributed by atoms with Crippen LogP contribution < -0.4 is 9.46 Å². The molecule has 0 aliphatic heterocycles. The Morgan fingerprint density at radius 2 is 1.94 bits per heavy atom. The molecule has 0 aliphatic rings. The molecule has 1 aromatic heterocycles. The number of rotatable bonds is 12. The minimum Gasteiger partial charge on any atom is -0.598 e. The summed E-state index contributed by atoms with van der Waals surface area (Å²) in [5, 5.41) is 0.327. The third-order valence-corrected chi connectivity index (χ3v) is 8.18. The van der Waals surface area contributed by atoms with Crippen LogP contribution >= 0.6 is 22.9 Å². The number of ether oxygens (including phenoxy) is 1. The summed E-state index contributed by atoms with van der Waals surface area (Å²) in [4.78, 5) is 14.6. The number of carbonyl (C=O) groups is 1. The van der Waals surface area contributed by atoms with E-state index < -0.39 is 34.7 Å². The summed E-state index contributed by atoms with van der Waals surface area (Å²) in [5.41, 5.74) is 0.648. The molecule has 2 atom stereocenters. The molecule has 0 spiro atoms. The first-order chi connectivity index (χ1) is 15.8. The molecule has 1 aromatic carbocycles. The quantitative estimate of drug-likeness (QED) is 0.173. The summed E-state index contributed by atoms with van der Waals surface area (Å²) in [6, 6.07) is 8.18. The van der Waals surface area contributed by atoms with Gasteiger partial charge in [0.05, 0.1) is 17.5 Å². The molecule has 1 heterocycles. The summed E-state index contributed by atoms with van der Waals surface area (Å²) in [6.07, 6.45) is -3.79. The van der Waals surface area contributed by atoms with E-state index in [2.05, 4.69) is 4.72 Å². The Hall–Kier alpha value is -1.26. The second-order valence-electron chi connectivity index (χ2n) is 8.88. The molecule has 190 valence electrons. The summed E-state index contributed by atoms with van der Waals surface area (Å²) < 4.78 is 57.7. The van der Waals surface area contributed by atoms with Crippen molar-refractivity contribution in [1.82, 2.24) is 4.72 Å². The molecule has 0 aliphatic carbocycles. The molecule has 0 saturated carbocycles. The van der Waals surface area contributed by atoms with Gasteiger partial charge in [0.1, 0.15) is 10.5 Å². The van der Waals surface area contributed by atoms with E-state index in [9.17, 15) is 22.5 Å². The smallest absolute Gasteiger partial charge is 0.389 e. The minimum absolute atomic E-state index is 0.0128. The van der Waals surface area contributed by atoms with Crippen LogP contribution in [0.25, 0.3) is 0 Å². The third-order valence-electron chi connectivity index (χ3n) is 4.97. The average molecular weight is 538 g/mol. The van der Waals surface area contributed by atoms with Crippen LogP contribution in [0.4, 0.5) is 13.2 Å². The summed E-state index contributed by atoms with van der Waals surface area (Å²) >= 11 is 6.55. The van der Waals surface area contributed by atoms with Crippen molar-refractivity contribution in [2.24, 2.45) is 0 Å². The van der Waals surface area contributed by atoms with Gasteiger partial charge in [0.15, 0.2) is 5.78 Å². The molecular weight excluding hydrogens is 507 g/mol. The molecule has 0 bridgehead atoms. The van der Waals surface area contributed by atoms with Gasteiger partial charge in [-0.2, -0.15) is 13.2 Å². The van der Waals surface area contributed by atoms with Crippen molar-refractivity contribution in [3.8, 4) is 5.75 Å². The molecule has 1 N–H and O–H groups in total. The monoisotopic (exact) mass is 537 g/mol. The molecule has 10 heteroatoms. The van der Waals surface area contributed by atoms with Crippen LogP contribution in [0.15, 0.2) is 30.3 Å². The number of benzene rings is 1. The maximum Gasteiger partial charge on any atom is 0.389 e. The Kier molecular flexibility index (Phi) is 10.8. The number of hydrogen-bond donors (Lipinski definition) is 1. The number of halogens is 4. The number of carbonyl (C=O) groups excluding carboxylic acids is 1. The van der Waals surface area contributed by atoms with Crippen LogP contribution in [-0.2, 0) is 17.8 Å². The first-order valence-electron chi connectivity index (χ1n) is 11.1. The molecule has 2 aromatic rings. The molecule has 4 nitrogen and oxygen atoms in total. The third kappa shape index (κ3) is 9.41. The highest BCUT2D eigenvalue weighted by Crippen LogP contribution is 2.33. The van der Waals surface area contributed by atoms with E-state index in [0.717, 1.165) is 11.3 Å². The maximum atomic E-state index is 12.8. The SMILES string of the molecule is CCc1ccc(C(=O)CCC(N[S@+]([O-])C(C)(C)C)c2ccc(OCCCC(F)(F)F)cc2Cl)s1. The predicted octanol–water partition coefficient (Wildman–Crippen LogP) is 7.44. The summed E-state index contributed by atoms with van der Waals surface area (Å²) in [5.74, 6) is 0.368. The largest absolute Gasteiger partial charge is 0.598 e. The van der Waals surface area contributed by atoms with Crippen LogP contribution in [0.5, 0.6) is 5.75 Å². The summed E-state index contributed by atoms with van der Waals surface area (Å²) in [6.45, 7) is 7.48. The van der Waals surface area contributed by atoms with Crippen molar-refractivity contribution >= 4 is 40.1 Å². The highest BCUT2D eigenvalue weighted by molar-refractivity contribution is 7.90. The van der Waals surface area contributed by atoms with Crippen molar-refractivity contribution in [2.75, 3.05) is 6.61 Å².